The molecular weight excluding hydrogens is 380 g/mol. The normalized spacial score (nSPS) is 19.0. The highest BCUT2D eigenvalue weighted by Gasteiger charge is 2.35. The maximum atomic E-state index is 11.6. The van der Waals surface area contributed by atoms with Gasteiger partial charge in [-0.05, 0) is 6.92 Å². The number of primary amides is 1. The van der Waals surface area contributed by atoms with E-state index in [1.54, 1.807) is 30.1 Å². The monoisotopic (exact) mass is 402 g/mol. The molecule has 2 heterocycles. The van der Waals surface area contributed by atoms with Gasteiger partial charge in [0, 0.05) is 35.7 Å². The van der Waals surface area contributed by atoms with Crippen molar-refractivity contribution in [2.24, 2.45) is 21.1 Å². The van der Waals surface area contributed by atoms with Crippen LogP contribution in [0.2, 0.25) is 0 Å². The molecule has 0 bridgehead atoms. The molecule has 0 radical (unpaired) electrons. The van der Waals surface area contributed by atoms with Crippen molar-refractivity contribution in [3.8, 4) is 0 Å². The third kappa shape index (κ3) is 4.11. The van der Waals surface area contributed by atoms with Crippen LogP contribution >= 0.6 is 11.8 Å². The van der Waals surface area contributed by atoms with Crippen LogP contribution in [0.25, 0.3) is 0 Å². The molecule has 1 amide bonds. The zero-order chi connectivity index (χ0) is 20.1. The molecule has 0 saturated carbocycles. The molecule has 1 atom stereocenters. The molecule has 2 N–H and O–H groups in total. The first-order chi connectivity index (χ1) is 13.5. The van der Waals surface area contributed by atoms with E-state index in [0.29, 0.717) is 12.0 Å². The van der Waals surface area contributed by atoms with Crippen molar-refractivity contribution in [2.75, 3.05) is 14.2 Å². The van der Waals surface area contributed by atoms with Gasteiger partial charge in [0.25, 0.3) is 5.91 Å². The number of carbonyl (C=O) groups excluding carboxylic acids is 1. The van der Waals surface area contributed by atoms with E-state index in [2.05, 4.69) is 27.2 Å². The third-order valence-electron chi connectivity index (χ3n) is 4.22. The van der Waals surface area contributed by atoms with Crippen LogP contribution in [0.3, 0.4) is 0 Å². The van der Waals surface area contributed by atoms with Gasteiger partial charge in [0.15, 0.2) is 11.2 Å². The van der Waals surface area contributed by atoms with Crippen LogP contribution in [0.15, 0.2) is 50.3 Å². The number of carbonyl (C=O) groups is 1. The number of hydrogen-bond acceptors (Lipinski definition) is 9. The molecule has 2 aliphatic rings. The Morgan fingerprint density at radius 1 is 1.43 bits per heavy atom. The van der Waals surface area contributed by atoms with Gasteiger partial charge in [0.1, 0.15) is 20.1 Å². The molecule has 0 saturated heterocycles. The quantitative estimate of drug-likeness (QED) is 0.526. The van der Waals surface area contributed by atoms with E-state index in [-0.39, 0.29) is 17.8 Å². The van der Waals surface area contributed by atoms with Gasteiger partial charge in [0.05, 0.1) is 5.70 Å². The maximum Gasteiger partial charge on any atom is 0.271 e. The molecule has 148 valence electrons. The summed E-state index contributed by atoms with van der Waals surface area (Å²) in [5, 5.41) is 14.1. The minimum Gasteiger partial charge on any atom is -0.398 e. The van der Waals surface area contributed by atoms with Gasteiger partial charge < -0.3 is 20.3 Å². The van der Waals surface area contributed by atoms with Crippen molar-refractivity contribution >= 4 is 35.9 Å². The molecule has 10 heteroatoms. The summed E-state index contributed by atoms with van der Waals surface area (Å²) in [4.78, 5) is 25.0. The molecule has 0 spiro atoms. The molecule has 9 nitrogen and oxygen atoms in total. The van der Waals surface area contributed by atoms with E-state index in [9.17, 15) is 4.79 Å². The van der Waals surface area contributed by atoms with Crippen molar-refractivity contribution in [3.05, 3.63) is 46.0 Å². The van der Waals surface area contributed by atoms with Crippen LogP contribution in [0, 0.1) is 0 Å². The Kier molecular flexibility index (Phi) is 6.19. The second-order valence-electron chi connectivity index (χ2n) is 6.10. The van der Waals surface area contributed by atoms with Crippen molar-refractivity contribution < 1.29 is 14.5 Å². The van der Waals surface area contributed by atoms with Gasteiger partial charge in [-0.2, -0.15) is 5.10 Å². The standard InChI is InChI=1S/C18H22N6O3S/c1-12-15(24-18(28-12)23(2)11-20-24)8-9-21-27-10-13-6-4-5-7-14(13)16(17(19)25)22-26-3/h4-7,9,11,18H,8,10H2,1-3H3,(H2,19,25). The molecule has 0 aliphatic carbocycles. The number of allylic oxidation sites excluding steroid dienone is 2. The summed E-state index contributed by atoms with van der Waals surface area (Å²) in [5.74, 6) is -0.676. The summed E-state index contributed by atoms with van der Waals surface area (Å²) in [6.45, 7) is 2.25. The Hall–Kier alpha value is -3.01. The summed E-state index contributed by atoms with van der Waals surface area (Å²) >= 11 is 1.76. The number of hydrogen-bond donors (Lipinski definition) is 1. The summed E-state index contributed by atoms with van der Waals surface area (Å²) in [6.07, 6.45) is 4.13. The Morgan fingerprint density at radius 3 is 2.96 bits per heavy atom. The third-order valence-corrected chi connectivity index (χ3v) is 5.56. The Balaban J connectivity index is 1.60. The molecule has 28 heavy (non-hydrogen) atoms. The number of fused-ring (bicyclic) bond motifs is 1. The zero-order valence-corrected chi connectivity index (χ0v) is 16.7. The SMILES string of the molecule is CON=C(C(N)=O)c1ccccc1CON=CCC1=C(C)SC2N(C)C=NN12. The molecule has 1 aromatic carbocycles. The highest BCUT2D eigenvalue weighted by molar-refractivity contribution is 8.03. The average Bonchev–Trinajstić information content (AvgIpc) is 3.18. The lowest BCUT2D eigenvalue weighted by molar-refractivity contribution is -0.112. The van der Waals surface area contributed by atoms with E-state index < -0.39 is 5.91 Å². The molecule has 2 aliphatic heterocycles. The molecule has 0 fully saturated rings. The number of thioether (sulfide) groups is 1. The van der Waals surface area contributed by atoms with Gasteiger partial charge in [-0.15, -0.1) is 0 Å². The van der Waals surface area contributed by atoms with Gasteiger partial charge in [-0.3, -0.25) is 4.79 Å². The second kappa shape index (κ2) is 8.79. The van der Waals surface area contributed by atoms with Crippen LogP contribution in [-0.4, -0.2) is 53.7 Å². The summed E-state index contributed by atoms with van der Waals surface area (Å²) in [5.41, 5.74) is 7.99. The number of nitrogens with zero attached hydrogens (tertiary/aromatic N) is 5. The molecule has 3 rings (SSSR count). The van der Waals surface area contributed by atoms with Crippen molar-refractivity contribution in [3.63, 3.8) is 0 Å². The fourth-order valence-corrected chi connectivity index (χ4v) is 3.99. The molecule has 1 unspecified atom stereocenters. The molecule has 1 aromatic rings. The van der Waals surface area contributed by atoms with E-state index >= 15 is 0 Å². The maximum absolute atomic E-state index is 11.6. The van der Waals surface area contributed by atoms with Crippen LogP contribution in [-0.2, 0) is 21.1 Å². The average molecular weight is 402 g/mol. The predicted octanol–water partition coefficient (Wildman–Crippen LogP) is 1.87. The summed E-state index contributed by atoms with van der Waals surface area (Å²) in [6, 6.07) is 7.17. The topological polar surface area (TPSA) is 105 Å². The lowest BCUT2D eigenvalue weighted by Crippen LogP contribution is -2.30. The Bertz CT molecular complexity index is 867. The van der Waals surface area contributed by atoms with E-state index in [0.717, 1.165) is 11.3 Å². The lowest BCUT2D eigenvalue weighted by Gasteiger charge is -2.21. The van der Waals surface area contributed by atoms with Gasteiger partial charge in [0.2, 0.25) is 0 Å². The number of amides is 1. The van der Waals surface area contributed by atoms with Crippen molar-refractivity contribution in [1.29, 1.82) is 0 Å². The zero-order valence-electron chi connectivity index (χ0n) is 15.9. The Morgan fingerprint density at radius 2 is 2.21 bits per heavy atom. The molecular formula is C18H22N6O3S. The van der Waals surface area contributed by atoms with Crippen molar-refractivity contribution in [1.82, 2.24) is 9.91 Å². The minimum atomic E-state index is -0.676. The minimum absolute atomic E-state index is 0.0384. The highest BCUT2D eigenvalue weighted by Crippen LogP contribution is 2.41. The fourth-order valence-electron chi connectivity index (χ4n) is 2.86. The number of benzene rings is 1. The smallest absolute Gasteiger partial charge is 0.271 e. The fraction of sp³-hybridized carbons (Fsp3) is 0.333. The van der Waals surface area contributed by atoms with E-state index in [4.69, 9.17) is 15.4 Å². The number of hydrazone groups is 1. The lowest BCUT2D eigenvalue weighted by atomic mass is 10.0. The number of rotatable bonds is 8. The van der Waals surface area contributed by atoms with Gasteiger partial charge >= 0.3 is 0 Å². The summed E-state index contributed by atoms with van der Waals surface area (Å²) < 4.78 is 0. The van der Waals surface area contributed by atoms with Crippen LogP contribution in [0.5, 0.6) is 0 Å². The van der Waals surface area contributed by atoms with Crippen LogP contribution in [0.4, 0.5) is 0 Å². The van der Waals surface area contributed by atoms with Gasteiger partial charge in [-0.25, -0.2) is 5.01 Å². The van der Waals surface area contributed by atoms with Crippen molar-refractivity contribution in [2.45, 2.75) is 25.4 Å². The van der Waals surface area contributed by atoms with Crippen LogP contribution in [0.1, 0.15) is 24.5 Å². The number of oxime groups is 2. The van der Waals surface area contributed by atoms with Crippen LogP contribution < -0.4 is 5.73 Å². The van der Waals surface area contributed by atoms with Gasteiger partial charge in [-0.1, -0.05) is 46.3 Å². The predicted molar refractivity (Wildman–Crippen MR) is 109 cm³/mol. The second-order valence-corrected chi connectivity index (χ2v) is 7.37. The number of nitrogens with two attached hydrogens (primary N) is 1. The first-order valence-corrected chi connectivity index (χ1v) is 9.45. The largest absolute Gasteiger partial charge is 0.398 e. The first kappa shape index (κ1) is 19.7. The van der Waals surface area contributed by atoms with E-state index in [1.165, 1.54) is 12.0 Å². The molecule has 0 aromatic heterocycles. The first-order valence-electron chi connectivity index (χ1n) is 8.57. The highest BCUT2D eigenvalue weighted by atomic mass is 32.2. The van der Waals surface area contributed by atoms with E-state index in [1.807, 2.05) is 30.5 Å². The Labute approximate surface area is 167 Å². The summed E-state index contributed by atoms with van der Waals surface area (Å²) in [7, 11) is 3.36.